The SMILES string of the molecule is O=CC(C(=O)O)C1(F)CC1. The van der Waals surface area contributed by atoms with E-state index < -0.39 is 17.6 Å². The summed E-state index contributed by atoms with van der Waals surface area (Å²) in [6.07, 6.45) is 0.556. The lowest BCUT2D eigenvalue weighted by molar-refractivity contribution is -0.146. The number of carboxylic acid groups (broad SMARTS) is 1. The van der Waals surface area contributed by atoms with Crippen molar-refractivity contribution in [3.63, 3.8) is 0 Å². The van der Waals surface area contributed by atoms with Gasteiger partial charge in [-0.3, -0.25) is 4.79 Å². The minimum Gasteiger partial charge on any atom is -0.481 e. The Morgan fingerprint density at radius 1 is 1.70 bits per heavy atom. The first-order chi connectivity index (χ1) is 4.60. The molecule has 1 unspecified atom stereocenters. The van der Waals surface area contributed by atoms with E-state index in [4.69, 9.17) is 5.11 Å². The molecule has 1 aliphatic carbocycles. The summed E-state index contributed by atoms with van der Waals surface area (Å²) in [5, 5.41) is 8.28. The molecule has 1 atom stereocenters. The summed E-state index contributed by atoms with van der Waals surface area (Å²) in [4.78, 5) is 20.2. The van der Waals surface area contributed by atoms with Crippen LogP contribution >= 0.6 is 0 Å². The summed E-state index contributed by atoms with van der Waals surface area (Å²) in [6, 6.07) is 0. The molecule has 0 bridgehead atoms. The molecule has 1 fully saturated rings. The Labute approximate surface area is 56.8 Å². The second kappa shape index (κ2) is 2.04. The summed E-state index contributed by atoms with van der Waals surface area (Å²) < 4.78 is 12.8. The van der Waals surface area contributed by atoms with Crippen LogP contribution in [0.25, 0.3) is 0 Å². The summed E-state index contributed by atoms with van der Waals surface area (Å²) in [5.41, 5.74) is -1.73. The lowest BCUT2D eigenvalue weighted by Gasteiger charge is -2.06. The lowest BCUT2D eigenvalue weighted by atomic mass is 10.0. The van der Waals surface area contributed by atoms with E-state index in [1.165, 1.54) is 0 Å². The standard InChI is InChI=1S/C6H7FO3/c7-6(1-2-6)4(3-8)5(9)10/h3-4H,1-2H2,(H,9,10). The van der Waals surface area contributed by atoms with Crippen LogP contribution in [0.4, 0.5) is 4.39 Å². The fourth-order valence-corrected chi connectivity index (χ4v) is 0.832. The highest BCUT2D eigenvalue weighted by molar-refractivity contribution is 5.88. The van der Waals surface area contributed by atoms with Crippen LogP contribution in [0, 0.1) is 5.92 Å². The maximum atomic E-state index is 12.8. The molecule has 0 spiro atoms. The van der Waals surface area contributed by atoms with Crippen molar-refractivity contribution in [2.45, 2.75) is 18.5 Å². The average Bonchev–Trinajstić information content (AvgIpc) is 2.49. The van der Waals surface area contributed by atoms with Crippen LogP contribution in [0.2, 0.25) is 0 Å². The molecule has 4 heteroatoms. The predicted molar refractivity (Wildman–Crippen MR) is 30.3 cm³/mol. The van der Waals surface area contributed by atoms with Crippen molar-refractivity contribution in [2.75, 3.05) is 0 Å². The Morgan fingerprint density at radius 3 is 2.30 bits per heavy atom. The molecule has 0 aromatic heterocycles. The van der Waals surface area contributed by atoms with Crippen molar-refractivity contribution in [1.82, 2.24) is 0 Å². The molecule has 0 amide bonds. The first-order valence-electron chi connectivity index (χ1n) is 2.97. The van der Waals surface area contributed by atoms with Crippen molar-refractivity contribution < 1.29 is 19.1 Å². The Kier molecular flexibility index (Phi) is 1.46. The number of rotatable bonds is 3. The maximum absolute atomic E-state index is 12.8. The van der Waals surface area contributed by atoms with Gasteiger partial charge in [-0.15, -0.1) is 0 Å². The van der Waals surface area contributed by atoms with Crippen molar-refractivity contribution in [1.29, 1.82) is 0 Å². The summed E-state index contributed by atoms with van der Waals surface area (Å²) in [5.74, 6) is -2.82. The molecule has 10 heavy (non-hydrogen) atoms. The number of carbonyl (C=O) groups excluding carboxylic acids is 1. The molecule has 1 aliphatic rings. The molecular weight excluding hydrogens is 139 g/mol. The Hall–Kier alpha value is -0.930. The monoisotopic (exact) mass is 146 g/mol. The van der Waals surface area contributed by atoms with E-state index in [2.05, 4.69) is 0 Å². The van der Waals surface area contributed by atoms with Crippen LogP contribution in [0.3, 0.4) is 0 Å². The zero-order valence-corrected chi connectivity index (χ0v) is 5.21. The molecule has 3 nitrogen and oxygen atoms in total. The molecule has 1 N–H and O–H groups in total. The van der Waals surface area contributed by atoms with Gasteiger partial charge in [-0.2, -0.15) is 0 Å². The maximum Gasteiger partial charge on any atom is 0.317 e. The molecule has 1 saturated carbocycles. The second-order valence-corrected chi connectivity index (χ2v) is 2.49. The number of aliphatic carboxylic acids is 1. The van der Waals surface area contributed by atoms with Crippen LogP contribution in [-0.4, -0.2) is 23.0 Å². The molecule has 0 heterocycles. The number of halogens is 1. The summed E-state index contributed by atoms with van der Waals surface area (Å²) in [7, 11) is 0. The van der Waals surface area contributed by atoms with Gasteiger partial charge in [-0.05, 0) is 12.8 Å². The van der Waals surface area contributed by atoms with E-state index in [0.29, 0.717) is 0 Å². The zero-order chi connectivity index (χ0) is 7.78. The quantitative estimate of drug-likeness (QED) is 0.462. The first-order valence-corrected chi connectivity index (χ1v) is 2.97. The van der Waals surface area contributed by atoms with E-state index in [0.717, 1.165) is 0 Å². The highest BCUT2D eigenvalue weighted by Gasteiger charge is 2.53. The van der Waals surface area contributed by atoms with Gasteiger partial charge in [0.15, 0.2) is 0 Å². The summed E-state index contributed by atoms with van der Waals surface area (Å²) in [6.45, 7) is 0. The van der Waals surface area contributed by atoms with Crippen molar-refractivity contribution >= 4 is 12.3 Å². The van der Waals surface area contributed by atoms with Gasteiger partial charge in [0.2, 0.25) is 0 Å². The Balaban J connectivity index is 2.65. The summed E-state index contributed by atoms with van der Waals surface area (Å²) >= 11 is 0. The second-order valence-electron chi connectivity index (χ2n) is 2.49. The minimum absolute atomic E-state index is 0.162. The van der Waals surface area contributed by atoms with Crippen molar-refractivity contribution in [3.05, 3.63) is 0 Å². The van der Waals surface area contributed by atoms with Gasteiger partial charge in [0.1, 0.15) is 17.9 Å². The van der Waals surface area contributed by atoms with Crippen molar-refractivity contribution in [3.8, 4) is 0 Å². The fraction of sp³-hybridized carbons (Fsp3) is 0.667. The molecular formula is C6H7FO3. The van der Waals surface area contributed by atoms with E-state index in [1.807, 2.05) is 0 Å². The van der Waals surface area contributed by atoms with Gasteiger partial charge in [0, 0.05) is 0 Å². The number of carbonyl (C=O) groups is 2. The van der Waals surface area contributed by atoms with Crippen LogP contribution in [0.15, 0.2) is 0 Å². The van der Waals surface area contributed by atoms with Crippen LogP contribution < -0.4 is 0 Å². The van der Waals surface area contributed by atoms with E-state index in [-0.39, 0.29) is 19.1 Å². The number of alkyl halides is 1. The largest absolute Gasteiger partial charge is 0.481 e. The predicted octanol–water partition coefficient (Wildman–Crippen LogP) is 0.388. The van der Waals surface area contributed by atoms with Gasteiger partial charge in [-0.1, -0.05) is 0 Å². The molecule has 0 radical (unpaired) electrons. The van der Waals surface area contributed by atoms with Crippen LogP contribution in [0.1, 0.15) is 12.8 Å². The molecule has 0 aromatic carbocycles. The normalized spacial score (nSPS) is 23.3. The van der Waals surface area contributed by atoms with Gasteiger partial charge in [-0.25, -0.2) is 4.39 Å². The Bertz CT molecular complexity index is 174. The fourth-order valence-electron chi connectivity index (χ4n) is 0.832. The third-order valence-electron chi connectivity index (χ3n) is 1.69. The highest BCUT2D eigenvalue weighted by atomic mass is 19.1. The average molecular weight is 146 g/mol. The first kappa shape index (κ1) is 7.18. The van der Waals surface area contributed by atoms with Gasteiger partial charge in [0.05, 0.1) is 0 Å². The number of hydrogen-bond acceptors (Lipinski definition) is 2. The van der Waals surface area contributed by atoms with Crippen molar-refractivity contribution in [2.24, 2.45) is 5.92 Å². The van der Waals surface area contributed by atoms with E-state index in [9.17, 15) is 14.0 Å². The zero-order valence-electron chi connectivity index (χ0n) is 5.21. The van der Waals surface area contributed by atoms with Crippen LogP contribution in [-0.2, 0) is 9.59 Å². The molecule has 0 saturated heterocycles. The molecule has 0 aromatic rings. The van der Waals surface area contributed by atoms with Crippen LogP contribution in [0.5, 0.6) is 0 Å². The smallest absolute Gasteiger partial charge is 0.317 e. The Morgan fingerprint density at radius 2 is 2.20 bits per heavy atom. The van der Waals surface area contributed by atoms with E-state index in [1.54, 1.807) is 0 Å². The molecule has 1 rings (SSSR count). The number of aldehydes is 1. The number of hydrogen-bond donors (Lipinski definition) is 1. The third kappa shape index (κ3) is 1.01. The number of carboxylic acids is 1. The van der Waals surface area contributed by atoms with E-state index >= 15 is 0 Å². The molecule has 56 valence electrons. The lowest BCUT2D eigenvalue weighted by Crippen LogP contribution is -2.27. The third-order valence-corrected chi connectivity index (χ3v) is 1.69. The topological polar surface area (TPSA) is 54.4 Å². The highest BCUT2D eigenvalue weighted by Crippen LogP contribution is 2.45. The van der Waals surface area contributed by atoms with Gasteiger partial charge in [0.25, 0.3) is 0 Å². The molecule has 0 aliphatic heterocycles. The minimum atomic E-state index is -1.73. The van der Waals surface area contributed by atoms with Gasteiger partial charge < -0.3 is 9.90 Å². The van der Waals surface area contributed by atoms with Gasteiger partial charge >= 0.3 is 5.97 Å².